The van der Waals surface area contributed by atoms with E-state index in [0.717, 1.165) is 141 Å². The molecule has 0 radical (unpaired) electrons. The molecular formula is C93H173O25P. The number of hydrogen-bond donors (Lipinski definition) is 10. The molecule has 3 rings (SSSR count). The van der Waals surface area contributed by atoms with Crippen molar-refractivity contribution in [1.82, 2.24) is 0 Å². The second kappa shape index (κ2) is 72.3. The maximum atomic E-state index is 14.9. The topological polar surface area (TPSA) is 380 Å². The van der Waals surface area contributed by atoms with Crippen LogP contribution in [0.1, 0.15) is 426 Å². The molecule has 119 heavy (non-hydrogen) atoms. The minimum atomic E-state index is -5.81. The van der Waals surface area contributed by atoms with E-state index < -0.39 is 162 Å². The van der Waals surface area contributed by atoms with Crippen LogP contribution in [0.15, 0.2) is 12.2 Å². The van der Waals surface area contributed by atoms with Crippen molar-refractivity contribution < 1.29 is 122 Å². The van der Waals surface area contributed by atoms with Gasteiger partial charge in [0.05, 0.1) is 13.2 Å². The summed E-state index contributed by atoms with van der Waals surface area (Å²) in [6.45, 7) is 5.63. The third-order valence-electron chi connectivity index (χ3n) is 23.8. The molecule has 2 saturated heterocycles. The molecule has 3 aliphatic rings. The fourth-order valence-corrected chi connectivity index (χ4v) is 17.0. The van der Waals surface area contributed by atoms with Gasteiger partial charge in [0.25, 0.3) is 0 Å². The van der Waals surface area contributed by atoms with Gasteiger partial charge in [0.15, 0.2) is 24.8 Å². The van der Waals surface area contributed by atoms with Gasteiger partial charge in [-0.25, -0.2) is 4.57 Å². The van der Waals surface area contributed by atoms with Crippen molar-refractivity contribution in [2.24, 2.45) is 0 Å². The highest BCUT2D eigenvalue weighted by molar-refractivity contribution is 7.47. The molecule has 0 aromatic carbocycles. The Kier molecular flexibility index (Phi) is 67.0. The number of carbonyl (C=O) groups excluding carboxylic acids is 4. The summed E-state index contributed by atoms with van der Waals surface area (Å²) in [5, 5.41) is 102. The molecule has 0 aromatic heterocycles. The van der Waals surface area contributed by atoms with Crippen LogP contribution in [0, 0.1) is 0 Å². The fourth-order valence-electron chi connectivity index (χ4n) is 16.1. The molecule has 18 atom stereocenters. The quantitative estimate of drug-likeness (QED) is 0.00889. The van der Waals surface area contributed by atoms with Crippen LogP contribution in [0.5, 0.6) is 0 Å². The Labute approximate surface area is 718 Å². The molecule has 1 aliphatic carbocycles. The van der Waals surface area contributed by atoms with Crippen LogP contribution in [0.25, 0.3) is 0 Å². The molecule has 0 bridgehead atoms. The van der Waals surface area contributed by atoms with E-state index in [-0.39, 0.29) is 25.7 Å². The summed E-state index contributed by atoms with van der Waals surface area (Å²) < 4.78 is 73.5. The number of esters is 4. The van der Waals surface area contributed by atoms with Gasteiger partial charge in [0, 0.05) is 25.7 Å². The Balaban J connectivity index is 1.90. The number of phosphoric ester groups is 1. The summed E-state index contributed by atoms with van der Waals surface area (Å²) in [4.78, 5) is 66.5. The Morgan fingerprint density at radius 1 is 0.328 bits per heavy atom. The van der Waals surface area contributed by atoms with Crippen LogP contribution < -0.4 is 0 Å². The molecule has 26 heteroatoms. The van der Waals surface area contributed by atoms with Crippen LogP contribution in [-0.4, -0.2) is 205 Å². The number of phosphoric acid groups is 1. The van der Waals surface area contributed by atoms with E-state index in [1.54, 1.807) is 0 Å². The van der Waals surface area contributed by atoms with Crippen LogP contribution in [0.4, 0.5) is 0 Å². The molecule has 0 aromatic rings. The van der Waals surface area contributed by atoms with Gasteiger partial charge < -0.3 is 88.7 Å². The summed E-state index contributed by atoms with van der Waals surface area (Å²) >= 11 is 0. The maximum absolute atomic E-state index is 14.9. The number of hydrogen-bond acceptors (Lipinski definition) is 24. The molecular weight excluding hydrogens is 1550 g/mol. The van der Waals surface area contributed by atoms with Crippen LogP contribution in [0.2, 0.25) is 0 Å². The van der Waals surface area contributed by atoms with Gasteiger partial charge in [-0.3, -0.25) is 28.2 Å². The number of carbonyl (C=O) groups is 4. The molecule has 700 valence electrons. The lowest BCUT2D eigenvalue weighted by atomic mass is 9.84. The Morgan fingerprint density at radius 3 is 1.01 bits per heavy atom. The third-order valence-corrected chi connectivity index (χ3v) is 24.8. The second-order valence-electron chi connectivity index (χ2n) is 34.6. The minimum Gasteiger partial charge on any atom is -0.463 e. The molecule has 0 amide bonds. The first-order valence-corrected chi connectivity index (χ1v) is 49.9. The first-order valence-electron chi connectivity index (χ1n) is 48.4. The maximum Gasteiger partial charge on any atom is 0.472 e. The van der Waals surface area contributed by atoms with Gasteiger partial charge in [-0.05, 0) is 51.4 Å². The highest BCUT2D eigenvalue weighted by Crippen LogP contribution is 2.49. The normalized spacial score (nSPS) is 24.8. The van der Waals surface area contributed by atoms with Gasteiger partial charge in [0.1, 0.15) is 92.6 Å². The van der Waals surface area contributed by atoms with E-state index >= 15 is 0 Å². The fraction of sp³-hybridized carbons (Fsp3) is 0.935. The number of rotatable bonds is 79. The predicted octanol–water partition coefficient (Wildman–Crippen LogP) is 18.3. The van der Waals surface area contributed by atoms with E-state index in [0.29, 0.717) is 32.1 Å². The number of aliphatic hydroxyl groups excluding tert-OH is 9. The van der Waals surface area contributed by atoms with Crippen LogP contribution in [-0.2, 0) is 70.7 Å². The molecule has 10 N–H and O–H groups in total. The standard InChI is InChI=1S/C93H173O25P/c1-5-9-13-17-21-25-29-33-36-39-42-46-50-54-58-62-66-77(96)110-72-75-81(100)83(102)87(106)93(114-75)117-90-88(115-79(98)68-64-60-56-52-48-43-38-35-31-27-23-19-15-11-7-3)84(103)85(104)89(116-92-86(105)82(101)80(99)74(69-94)113-92)91(90)118-119(107,108)111-71-73(70-109-76(95)65-61-57-53-49-45-41-32-28-24-20-16-12-8-4)112-78(97)67-63-59-55-51-47-44-40-37-34-30-26-22-18-14-10-6-2/h27,31,73-75,80-94,99-106H,5-26,28-30,32-72H2,1-4H3,(H,107,108)/b31-27-. The summed E-state index contributed by atoms with van der Waals surface area (Å²) in [6, 6.07) is 0. The van der Waals surface area contributed by atoms with Gasteiger partial charge >= 0.3 is 31.7 Å². The van der Waals surface area contributed by atoms with E-state index in [2.05, 4.69) is 39.8 Å². The molecule has 3 fully saturated rings. The third kappa shape index (κ3) is 52.2. The number of unbranched alkanes of at least 4 members (excludes halogenated alkanes) is 53. The Hall–Kier alpha value is -2.79. The van der Waals surface area contributed by atoms with Crippen molar-refractivity contribution >= 4 is 31.7 Å². The van der Waals surface area contributed by atoms with Crippen molar-refractivity contribution in [2.75, 3.05) is 26.4 Å². The van der Waals surface area contributed by atoms with Crippen molar-refractivity contribution in [1.29, 1.82) is 0 Å². The van der Waals surface area contributed by atoms with Gasteiger partial charge in [-0.2, -0.15) is 0 Å². The number of ether oxygens (including phenoxy) is 8. The summed E-state index contributed by atoms with van der Waals surface area (Å²) in [5.41, 5.74) is 0. The smallest absolute Gasteiger partial charge is 0.463 e. The molecule has 25 nitrogen and oxygen atoms in total. The van der Waals surface area contributed by atoms with E-state index in [9.17, 15) is 74.6 Å². The second-order valence-corrected chi connectivity index (χ2v) is 36.0. The molecule has 1 saturated carbocycles. The largest absolute Gasteiger partial charge is 0.472 e. The monoisotopic (exact) mass is 1720 g/mol. The zero-order chi connectivity index (χ0) is 86.8. The van der Waals surface area contributed by atoms with Crippen molar-refractivity contribution in [3.63, 3.8) is 0 Å². The molecule has 18 unspecified atom stereocenters. The Bertz CT molecular complexity index is 2520. The highest BCUT2D eigenvalue weighted by atomic mass is 31.2. The average molecular weight is 1720 g/mol. The molecule has 2 heterocycles. The van der Waals surface area contributed by atoms with Gasteiger partial charge in [-0.15, -0.1) is 0 Å². The summed E-state index contributed by atoms with van der Waals surface area (Å²) in [7, 11) is -5.81. The molecule has 0 spiro atoms. The number of allylic oxidation sites excluding steroid dienone is 2. The van der Waals surface area contributed by atoms with Crippen LogP contribution >= 0.6 is 7.82 Å². The lowest BCUT2D eigenvalue weighted by Crippen LogP contribution is -2.70. The summed E-state index contributed by atoms with van der Waals surface area (Å²) in [6.07, 6.45) is 31.8. The zero-order valence-electron chi connectivity index (χ0n) is 74.7. The van der Waals surface area contributed by atoms with Crippen molar-refractivity contribution in [3.8, 4) is 0 Å². The zero-order valence-corrected chi connectivity index (χ0v) is 75.6. The summed E-state index contributed by atoms with van der Waals surface area (Å²) in [5.74, 6) is -2.95. The van der Waals surface area contributed by atoms with E-state index in [1.165, 1.54) is 199 Å². The first kappa shape index (κ1) is 110. The average Bonchev–Trinajstić information content (AvgIpc) is 0.754. The van der Waals surface area contributed by atoms with Crippen molar-refractivity contribution in [2.45, 2.75) is 530 Å². The van der Waals surface area contributed by atoms with Gasteiger partial charge in [-0.1, -0.05) is 361 Å². The SMILES string of the molecule is CCCCCC/C=C\CCCCCCCCCC(=O)OC1C(O)C(O)C(OC2OC(CO)C(O)C(O)C2O)C(OP(=O)(O)OCC(COC(=O)CCCCCCCCCCCCCCC)OC(=O)CCCCCCCCCCCCCCCCCC)C1OC1OC(COC(=O)CCCCCCCCCCCCCCCCCC)C(O)C(O)C1O. The highest BCUT2D eigenvalue weighted by Gasteiger charge is 2.60. The van der Waals surface area contributed by atoms with E-state index in [4.69, 9.17) is 46.9 Å². The molecule has 2 aliphatic heterocycles. The first-order chi connectivity index (χ1) is 57.7. The lowest BCUT2D eigenvalue weighted by molar-refractivity contribution is -0.360. The number of aliphatic hydroxyl groups is 9. The van der Waals surface area contributed by atoms with Gasteiger partial charge in [0.2, 0.25) is 0 Å². The predicted molar refractivity (Wildman–Crippen MR) is 463 cm³/mol. The minimum absolute atomic E-state index is 0.0186. The Morgan fingerprint density at radius 2 is 0.630 bits per heavy atom. The lowest BCUT2D eigenvalue weighted by Gasteiger charge is -2.50. The van der Waals surface area contributed by atoms with Crippen LogP contribution in [0.3, 0.4) is 0 Å². The van der Waals surface area contributed by atoms with E-state index in [1.807, 2.05) is 0 Å². The van der Waals surface area contributed by atoms with Crippen molar-refractivity contribution in [3.05, 3.63) is 12.2 Å².